The molecule has 0 fully saturated rings. The molecule has 3 rings (SSSR count). The number of ether oxygens (including phenoxy) is 1. The van der Waals surface area contributed by atoms with Crippen LogP contribution in [0.15, 0.2) is 71.8 Å². The van der Waals surface area contributed by atoms with E-state index in [0.717, 1.165) is 38.9 Å². The first kappa shape index (κ1) is 17.1. The van der Waals surface area contributed by atoms with Gasteiger partial charge in [-0.15, -0.1) is 0 Å². The summed E-state index contributed by atoms with van der Waals surface area (Å²) in [5.74, 6) is 1.66. The van der Waals surface area contributed by atoms with E-state index < -0.39 is 0 Å². The molecule has 3 aromatic rings. The van der Waals surface area contributed by atoms with Gasteiger partial charge in [-0.1, -0.05) is 35.9 Å². The Bertz CT molecular complexity index is 889. The number of nitrogens with one attached hydrogen (secondary N) is 1. The smallest absolute Gasteiger partial charge is 0.130 e. The summed E-state index contributed by atoms with van der Waals surface area (Å²) in [6.45, 7) is 4.00. The Morgan fingerprint density at radius 2 is 1.68 bits per heavy atom. The van der Waals surface area contributed by atoms with Crippen molar-refractivity contribution in [1.29, 1.82) is 0 Å². The van der Waals surface area contributed by atoms with E-state index in [0.29, 0.717) is 0 Å². The second-order valence-electron chi connectivity index (χ2n) is 5.77. The molecular formula is C21H19ClN2O. The van der Waals surface area contributed by atoms with Gasteiger partial charge in [0.25, 0.3) is 0 Å². The van der Waals surface area contributed by atoms with Crippen molar-refractivity contribution in [2.45, 2.75) is 13.8 Å². The summed E-state index contributed by atoms with van der Waals surface area (Å²) in [5.41, 5.74) is 6.95. The lowest BCUT2D eigenvalue weighted by atomic mass is 10.2. The van der Waals surface area contributed by atoms with Crippen LogP contribution < -0.4 is 10.2 Å². The second-order valence-corrected chi connectivity index (χ2v) is 6.18. The molecule has 0 bridgehead atoms. The zero-order valence-electron chi connectivity index (χ0n) is 14.2. The summed E-state index contributed by atoms with van der Waals surface area (Å²) < 4.78 is 5.89. The molecule has 4 heteroatoms. The lowest BCUT2D eigenvalue weighted by Crippen LogP contribution is -1.92. The molecular weight excluding hydrogens is 332 g/mol. The molecule has 0 spiro atoms. The van der Waals surface area contributed by atoms with Crippen molar-refractivity contribution in [2.75, 3.05) is 5.43 Å². The van der Waals surface area contributed by atoms with E-state index in [2.05, 4.69) is 10.5 Å². The normalized spacial score (nSPS) is 10.8. The van der Waals surface area contributed by atoms with Crippen molar-refractivity contribution >= 4 is 23.5 Å². The highest BCUT2D eigenvalue weighted by atomic mass is 35.5. The number of para-hydroxylation sites is 1. The van der Waals surface area contributed by atoms with E-state index in [1.165, 1.54) is 0 Å². The SMILES string of the molecule is Cc1ccc(NN=Cc2ccc(Oc3ccccc3C)cc2)cc1Cl. The van der Waals surface area contributed by atoms with Crippen molar-refractivity contribution in [3.63, 3.8) is 0 Å². The maximum Gasteiger partial charge on any atom is 0.130 e. The lowest BCUT2D eigenvalue weighted by molar-refractivity contribution is 0.479. The predicted octanol–water partition coefficient (Wildman–Crippen LogP) is 6.20. The number of hydrogen-bond acceptors (Lipinski definition) is 3. The van der Waals surface area contributed by atoms with Gasteiger partial charge in [0, 0.05) is 5.02 Å². The van der Waals surface area contributed by atoms with Crippen molar-refractivity contribution < 1.29 is 4.74 Å². The first-order chi connectivity index (χ1) is 12.1. The van der Waals surface area contributed by atoms with Crippen LogP contribution in [0.5, 0.6) is 11.5 Å². The Labute approximate surface area is 152 Å². The predicted molar refractivity (Wildman–Crippen MR) is 105 cm³/mol. The fourth-order valence-electron chi connectivity index (χ4n) is 2.26. The van der Waals surface area contributed by atoms with Crippen LogP contribution in [0.2, 0.25) is 5.02 Å². The van der Waals surface area contributed by atoms with Gasteiger partial charge in [-0.05, 0) is 73.0 Å². The molecule has 126 valence electrons. The highest BCUT2D eigenvalue weighted by Crippen LogP contribution is 2.24. The Balaban J connectivity index is 1.62. The summed E-state index contributed by atoms with van der Waals surface area (Å²) in [5, 5.41) is 4.96. The Morgan fingerprint density at radius 1 is 0.920 bits per heavy atom. The van der Waals surface area contributed by atoms with Gasteiger partial charge in [0.15, 0.2) is 0 Å². The second kappa shape index (κ2) is 7.86. The van der Waals surface area contributed by atoms with Gasteiger partial charge >= 0.3 is 0 Å². The number of rotatable bonds is 5. The maximum atomic E-state index is 6.10. The van der Waals surface area contributed by atoms with Crippen molar-refractivity contribution in [1.82, 2.24) is 0 Å². The average Bonchev–Trinajstić information content (AvgIpc) is 2.61. The number of halogens is 1. The molecule has 0 aliphatic heterocycles. The first-order valence-electron chi connectivity index (χ1n) is 8.00. The third kappa shape index (κ3) is 4.61. The molecule has 25 heavy (non-hydrogen) atoms. The molecule has 3 aromatic carbocycles. The van der Waals surface area contributed by atoms with Crippen LogP contribution >= 0.6 is 11.6 Å². The van der Waals surface area contributed by atoms with Gasteiger partial charge in [0.2, 0.25) is 0 Å². The number of aryl methyl sites for hydroxylation is 2. The van der Waals surface area contributed by atoms with Gasteiger partial charge in [-0.3, -0.25) is 5.43 Å². The molecule has 3 nitrogen and oxygen atoms in total. The van der Waals surface area contributed by atoms with Crippen LogP contribution in [0.1, 0.15) is 16.7 Å². The van der Waals surface area contributed by atoms with Gasteiger partial charge in [0.05, 0.1) is 11.9 Å². The fourth-order valence-corrected chi connectivity index (χ4v) is 2.44. The third-order valence-corrected chi connectivity index (χ3v) is 4.19. The summed E-state index contributed by atoms with van der Waals surface area (Å²) >= 11 is 6.10. The Hall–Kier alpha value is -2.78. The van der Waals surface area contributed by atoms with E-state index >= 15 is 0 Å². The molecule has 0 radical (unpaired) electrons. The minimum Gasteiger partial charge on any atom is -0.457 e. The highest BCUT2D eigenvalue weighted by Gasteiger charge is 2.00. The summed E-state index contributed by atoms with van der Waals surface area (Å²) in [6.07, 6.45) is 1.76. The van der Waals surface area contributed by atoms with Crippen LogP contribution in [0, 0.1) is 13.8 Å². The van der Waals surface area contributed by atoms with Gasteiger partial charge in [0.1, 0.15) is 11.5 Å². The number of hydrogen-bond donors (Lipinski definition) is 1. The Morgan fingerprint density at radius 3 is 2.40 bits per heavy atom. The minimum absolute atomic E-state index is 0.720. The van der Waals surface area contributed by atoms with Gasteiger partial charge < -0.3 is 4.74 Å². The van der Waals surface area contributed by atoms with Crippen molar-refractivity contribution in [3.05, 3.63) is 88.4 Å². The summed E-state index contributed by atoms with van der Waals surface area (Å²) in [7, 11) is 0. The van der Waals surface area contributed by atoms with E-state index in [9.17, 15) is 0 Å². The maximum absolute atomic E-state index is 6.10. The van der Waals surface area contributed by atoms with Crippen LogP contribution in [0.25, 0.3) is 0 Å². The number of hydrazone groups is 1. The number of nitrogens with zero attached hydrogens (tertiary/aromatic N) is 1. The molecule has 0 saturated heterocycles. The monoisotopic (exact) mass is 350 g/mol. The molecule has 0 aliphatic carbocycles. The standard InChI is InChI=1S/C21H19ClN2O/c1-15-7-10-18(13-20(15)22)24-23-14-17-8-11-19(12-9-17)25-21-6-4-3-5-16(21)2/h3-14,24H,1-2H3. The minimum atomic E-state index is 0.720. The molecule has 0 unspecified atom stereocenters. The fraction of sp³-hybridized carbons (Fsp3) is 0.0952. The highest BCUT2D eigenvalue weighted by molar-refractivity contribution is 6.31. The van der Waals surface area contributed by atoms with Crippen LogP contribution in [-0.4, -0.2) is 6.21 Å². The molecule has 0 saturated carbocycles. The van der Waals surface area contributed by atoms with E-state index in [1.54, 1.807) is 6.21 Å². The molecule has 0 atom stereocenters. The van der Waals surface area contributed by atoms with E-state index in [-0.39, 0.29) is 0 Å². The topological polar surface area (TPSA) is 33.6 Å². The van der Waals surface area contributed by atoms with E-state index in [1.807, 2.05) is 80.6 Å². The van der Waals surface area contributed by atoms with Crippen LogP contribution in [0.4, 0.5) is 5.69 Å². The van der Waals surface area contributed by atoms with E-state index in [4.69, 9.17) is 16.3 Å². The largest absolute Gasteiger partial charge is 0.457 e. The molecule has 0 heterocycles. The first-order valence-corrected chi connectivity index (χ1v) is 8.38. The number of anilines is 1. The zero-order chi connectivity index (χ0) is 17.6. The molecule has 0 aliphatic rings. The quantitative estimate of drug-likeness (QED) is 0.439. The molecule has 0 aromatic heterocycles. The Kier molecular flexibility index (Phi) is 5.36. The van der Waals surface area contributed by atoms with Crippen LogP contribution in [-0.2, 0) is 0 Å². The number of benzene rings is 3. The zero-order valence-corrected chi connectivity index (χ0v) is 14.9. The average molecular weight is 351 g/mol. The van der Waals surface area contributed by atoms with Crippen molar-refractivity contribution in [2.24, 2.45) is 5.10 Å². The van der Waals surface area contributed by atoms with Gasteiger partial charge in [-0.25, -0.2) is 0 Å². The third-order valence-electron chi connectivity index (χ3n) is 3.78. The van der Waals surface area contributed by atoms with Crippen molar-refractivity contribution in [3.8, 4) is 11.5 Å². The lowest BCUT2D eigenvalue weighted by Gasteiger charge is -2.08. The molecule has 0 amide bonds. The summed E-state index contributed by atoms with van der Waals surface area (Å²) in [4.78, 5) is 0. The molecule has 1 N–H and O–H groups in total. The van der Waals surface area contributed by atoms with Crippen LogP contribution in [0.3, 0.4) is 0 Å². The summed E-state index contributed by atoms with van der Waals surface area (Å²) in [6, 6.07) is 21.5. The van der Waals surface area contributed by atoms with Gasteiger partial charge in [-0.2, -0.15) is 5.10 Å².